The lowest BCUT2D eigenvalue weighted by Crippen LogP contribution is -2.39. The van der Waals surface area contributed by atoms with Crippen molar-refractivity contribution in [1.82, 2.24) is 9.88 Å². The van der Waals surface area contributed by atoms with Gasteiger partial charge in [-0.3, -0.25) is 9.78 Å². The number of rotatable bonds is 3. The Hall–Kier alpha value is -2.14. The molecule has 5 heteroatoms. The van der Waals surface area contributed by atoms with Crippen LogP contribution < -0.4 is 4.74 Å². The molecule has 1 aliphatic heterocycles. The molecule has 1 aliphatic rings. The topological polar surface area (TPSA) is 62.7 Å². The molecule has 1 aromatic heterocycles. The smallest absolute Gasteiger partial charge is 0.255 e. The van der Waals surface area contributed by atoms with Gasteiger partial charge in [0.05, 0.1) is 23.9 Å². The van der Waals surface area contributed by atoms with Crippen molar-refractivity contribution in [2.45, 2.75) is 19.8 Å². The van der Waals surface area contributed by atoms with Gasteiger partial charge in [-0.15, -0.1) is 0 Å². The third-order valence-electron chi connectivity index (χ3n) is 4.61. The molecule has 5 nitrogen and oxygen atoms in total. The Morgan fingerprint density at radius 3 is 2.74 bits per heavy atom. The zero-order valence-corrected chi connectivity index (χ0v) is 13.6. The molecule has 0 unspecified atom stereocenters. The maximum absolute atomic E-state index is 12.8. The Bertz CT molecular complexity index is 722. The minimum Gasteiger partial charge on any atom is -0.497 e. The van der Waals surface area contributed by atoms with E-state index < -0.39 is 0 Å². The average molecular weight is 314 g/mol. The van der Waals surface area contributed by atoms with Crippen LogP contribution in [0, 0.1) is 12.8 Å². The molecule has 1 saturated heterocycles. The molecule has 23 heavy (non-hydrogen) atoms. The number of nitrogens with zero attached hydrogens (tertiary/aromatic N) is 2. The molecule has 1 N–H and O–H groups in total. The molecule has 0 atom stereocenters. The Balaban J connectivity index is 1.87. The van der Waals surface area contributed by atoms with Crippen LogP contribution in [0.2, 0.25) is 0 Å². The predicted octanol–water partition coefficient (Wildman–Crippen LogP) is 2.40. The van der Waals surface area contributed by atoms with Gasteiger partial charge in [-0.2, -0.15) is 0 Å². The van der Waals surface area contributed by atoms with Gasteiger partial charge in [0.15, 0.2) is 0 Å². The van der Waals surface area contributed by atoms with E-state index >= 15 is 0 Å². The van der Waals surface area contributed by atoms with E-state index in [2.05, 4.69) is 4.98 Å². The lowest BCUT2D eigenvalue weighted by molar-refractivity contribution is 0.0650. The summed E-state index contributed by atoms with van der Waals surface area (Å²) in [5, 5.41) is 10.1. The lowest BCUT2D eigenvalue weighted by Gasteiger charge is -2.31. The second kappa shape index (κ2) is 6.54. The second-order valence-corrected chi connectivity index (χ2v) is 6.10. The summed E-state index contributed by atoms with van der Waals surface area (Å²) >= 11 is 0. The molecule has 0 spiro atoms. The molecular formula is C18H22N2O3. The normalized spacial score (nSPS) is 15.9. The number of methoxy groups -OCH3 is 1. The third-order valence-corrected chi connectivity index (χ3v) is 4.61. The fraction of sp³-hybridized carbons (Fsp3) is 0.444. The first-order valence-corrected chi connectivity index (χ1v) is 7.98. The van der Waals surface area contributed by atoms with Gasteiger partial charge in [-0.05, 0) is 43.9 Å². The summed E-state index contributed by atoms with van der Waals surface area (Å²) < 4.78 is 5.22. The van der Waals surface area contributed by atoms with Crippen molar-refractivity contribution in [1.29, 1.82) is 0 Å². The van der Waals surface area contributed by atoms with Crippen molar-refractivity contribution in [2.24, 2.45) is 5.92 Å². The zero-order valence-electron chi connectivity index (χ0n) is 13.6. The number of aromatic nitrogens is 1. The van der Waals surface area contributed by atoms with Crippen molar-refractivity contribution in [3.8, 4) is 5.75 Å². The van der Waals surface area contributed by atoms with Gasteiger partial charge < -0.3 is 14.7 Å². The van der Waals surface area contributed by atoms with E-state index in [4.69, 9.17) is 4.74 Å². The number of carbonyl (C=O) groups is 1. The number of pyridine rings is 1. The van der Waals surface area contributed by atoms with E-state index in [1.165, 1.54) is 0 Å². The van der Waals surface area contributed by atoms with E-state index in [9.17, 15) is 9.90 Å². The summed E-state index contributed by atoms with van der Waals surface area (Å²) in [5.41, 5.74) is 2.22. The van der Waals surface area contributed by atoms with Crippen LogP contribution in [0.3, 0.4) is 0 Å². The fourth-order valence-electron chi connectivity index (χ4n) is 3.08. The maximum atomic E-state index is 12.8. The number of likely N-dealkylation sites (tertiary alicyclic amines) is 1. The van der Waals surface area contributed by atoms with E-state index in [1.807, 2.05) is 36.1 Å². The van der Waals surface area contributed by atoms with E-state index in [1.54, 1.807) is 7.11 Å². The highest BCUT2D eigenvalue weighted by atomic mass is 16.5. The summed E-state index contributed by atoms with van der Waals surface area (Å²) in [5.74, 6) is 1.11. The number of piperidine rings is 1. The molecule has 122 valence electrons. The second-order valence-electron chi connectivity index (χ2n) is 6.10. The fourth-order valence-corrected chi connectivity index (χ4v) is 3.08. The maximum Gasteiger partial charge on any atom is 0.255 e. The van der Waals surface area contributed by atoms with Crippen LogP contribution in [0.15, 0.2) is 24.3 Å². The molecule has 0 radical (unpaired) electrons. The molecule has 0 saturated carbocycles. The molecule has 0 bridgehead atoms. The van der Waals surface area contributed by atoms with Gasteiger partial charge in [0, 0.05) is 31.1 Å². The molecule has 1 amide bonds. The van der Waals surface area contributed by atoms with Crippen LogP contribution in [0.4, 0.5) is 0 Å². The molecule has 2 aromatic rings. The first-order valence-electron chi connectivity index (χ1n) is 7.98. The van der Waals surface area contributed by atoms with Gasteiger partial charge in [-0.25, -0.2) is 0 Å². The predicted molar refractivity (Wildman–Crippen MR) is 88.7 cm³/mol. The zero-order chi connectivity index (χ0) is 16.4. The quantitative estimate of drug-likeness (QED) is 0.945. The van der Waals surface area contributed by atoms with Crippen molar-refractivity contribution in [3.63, 3.8) is 0 Å². The number of carbonyl (C=O) groups excluding carboxylic acids is 1. The van der Waals surface area contributed by atoms with E-state index in [0.29, 0.717) is 24.6 Å². The van der Waals surface area contributed by atoms with Crippen molar-refractivity contribution < 1.29 is 14.6 Å². The highest BCUT2D eigenvalue weighted by Gasteiger charge is 2.24. The monoisotopic (exact) mass is 314 g/mol. The Labute approximate surface area is 135 Å². The molecule has 3 rings (SSSR count). The SMILES string of the molecule is COc1ccc2cc(C(=O)N3CCC(CO)CC3)c(C)nc2c1. The number of amides is 1. The summed E-state index contributed by atoms with van der Waals surface area (Å²) in [6.45, 7) is 3.47. The summed E-state index contributed by atoms with van der Waals surface area (Å²) in [7, 11) is 1.63. The van der Waals surface area contributed by atoms with E-state index in [0.717, 1.165) is 35.2 Å². The van der Waals surface area contributed by atoms with Gasteiger partial charge in [0.25, 0.3) is 5.91 Å². The largest absolute Gasteiger partial charge is 0.497 e. The number of benzene rings is 1. The van der Waals surface area contributed by atoms with Gasteiger partial charge >= 0.3 is 0 Å². The number of aliphatic hydroxyl groups is 1. The first kappa shape index (κ1) is 15.7. The molecule has 2 heterocycles. The Morgan fingerprint density at radius 1 is 1.35 bits per heavy atom. The molecule has 1 fully saturated rings. The van der Waals surface area contributed by atoms with Gasteiger partial charge in [-0.1, -0.05) is 0 Å². The highest BCUT2D eigenvalue weighted by molar-refractivity contribution is 5.98. The number of ether oxygens (including phenoxy) is 1. The molecule has 0 aliphatic carbocycles. The van der Waals surface area contributed by atoms with Crippen LogP contribution in [0.1, 0.15) is 28.9 Å². The van der Waals surface area contributed by atoms with Crippen LogP contribution in [0.5, 0.6) is 5.75 Å². The minimum atomic E-state index is 0.0316. The Morgan fingerprint density at radius 2 is 2.09 bits per heavy atom. The van der Waals surface area contributed by atoms with Crippen LogP contribution in [0.25, 0.3) is 10.9 Å². The van der Waals surface area contributed by atoms with E-state index in [-0.39, 0.29) is 12.5 Å². The summed E-state index contributed by atoms with van der Waals surface area (Å²) in [6.07, 6.45) is 1.72. The number of hydrogen-bond donors (Lipinski definition) is 1. The number of fused-ring (bicyclic) bond motifs is 1. The van der Waals surface area contributed by atoms with Crippen molar-refractivity contribution in [2.75, 3.05) is 26.8 Å². The highest BCUT2D eigenvalue weighted by Crippen LogP contribution is 2.24. The number of hydrogen-bond acceptors (Lipinski definition) is 4. The van der Waals surface area contributed by atoms with Crippen molar-refractivity contribution in [3.05, 3.63) is 35.5 Å². The Kier molecular flexibility index (Phi) is 4.48. The van der Waals surface area contributed by atoms with Crippen LogP contribution >= 0.6 is 0 Å². The molecular weight excluding hydrogens is 292 g/mol. The van der Waals surface area contributed by atoms with Gasteiger partial charge in [0.2, 0.25) is 0 Å². The van der Waals surface area contributed by atoms with Crippen LogP contribution in [-0.2, 0) is 0 Å². The summed E-state index contributed by atoms with van der Waals surface area (Å²) in [6, 6.07) is 7.59. The summed E-state index contributed by atoms with van der Waals surface area (Å²) in [4.78, 5) is 19.2. The van der Waals surface area contributed by atoms with Crippen LogP contribution in [-0.4, -0.2) is 47.7 Å². The first-order chi connectivity index (χ1) is 11.1. The minimum absolute atomic E-state index is 0.0316. The third kappa shape index (κ3) is 3.15. The standard InChI is InChI=1S/C18H22N2O3/c1-12-16(18(22)20-7-5-13(11-21)6-8-20)9-14-3-4-15(23-2)10-17(14)19-12/h3-4,9-10,13,21H,5-8,11H2,1-2H3. The van der Waals surface area contributed by atoms with Crippen molar-refractivity contribution >= 4 is 16.8 Å². The lowest BCUT2D eigenvalue weighted by atomic mass is 9.97. The average Bonchev–Trinajstić information content (AvgIpc) is 2.60. The van der Waals surface area contributed by atoms with Gasteiger partial charge in [0.1, 0.15) is 5.75 Å². The number of aliphatic hydroxyl groups excluding tert-OH is 1. The number of aryl methyl sites for hydroxylation is 1. The molecule has 1 aromatic carbocycles.